The van der Waals surface area contributed by atoms with Gasteiger partial charge in [-0.15, -0.1) is 22.7 Å². The first-order valence-corrected chi connectivity index (χ1v) is 32.9. The molecule has 0 unspecified atom stereocenters. The van der Waals surface area contributed by atoms with Crippen LogP contribution >= 0.6 is 22.7 Å². The molecule has 4 aliphatic rings. The molecule has 2 aromatic heterocycles. The first kappa shape index (κ1) is 54.5. The summed E-state index contributed by atoms with van der Waals surface area (Å²) in [5.74, 6) is 0. The number of thiophene rings is 2. The van der Waals surface area contributed by atoms with Gasteiger partial charge in [-0.3, -0.25) is 0 Å². The molecule has 9 aromatic carbocycles. The SMILES string of the molecule is Cc1cc2c(cc1N1c3cc(N(c4ccc(C(C)(C)C)cc4)c4ccc(C(C)(C)C)cc4)ccc3B3c4c(cc5c(sc6ccccc65)c41)-c1cc4c(cc1N3c1ccc3c(c1)C(C)(C)CCC3(C)C)sc1ccccc14)C(C)(C)CCC2(C)C. The molecular formula is C79H80BN3S2. The van der Waals surface area contributed by atoms with Crippen molar-refractivity contribution < 1.29 is 0 Å². The molecule has 2 aliphatic carbocycles. The van der Waals surface area contributed by atoms with E-state index in [0.717, 1.165) is 29.9 Å². The fourth-order valence-corrected chi connectivity index (χ4v) is 17.8. The first-order chi connectivity index (χ1) is 40.3. The monoisotopic (exact) mass is 1150 g/mol. The van der Waals surface area contributed by atoms with Crippen LogP contribution in [0.3, 0.4) is 0 Å². The lowest BCUT2D eigenvalue weighted by molar-refractivity contribution is 0.332. The van der Waals surface area contributed by atoms with Gasteiger partial charge in [0.05, 0.1) is 10.4 Å². The van der Waals surface area contributed by atoms with Crippen molar-refractivity contribution >= 4 is 126 Å². The quantitative estimate of drug-likeness (QED) is 0.159. The Balaban J connectivity index is 1.09. The maximum Gasteiger partial charge on any atom is 0.333 e. The lowest BCUT2D eigenvalue weighted by Crippen LogP contribution is -2.61. The van der Waals surface area contributed by atoms with Crippen LogP contribution in [-0.4, -0.2) is 6.85 Å². The van der Waals surface area contributed by atoms with E-state index in [9.17, 15) is 0 Å². The highest BCUT2D eigenvalue weighted by atomic mass is 32.1. The highest BCUT2D eigenvalue weighted by Crippen LogP contribution is 2.57. The summed E-state index contributed by atoms with van der Waals surface area (Å²) in [5, 5.41) is 5.29. The molecule has 4 heterocycles. The van der Waals surface area contributed by atoms with E-state index in [4.69, 9.17) is 0 Å². The summed E-state index contributed by atoms with van der Waals surface area (Å²) in [6.45, 7) is 35.9. The maximum atomic E-state index is 2.80. The van der Waals surface area contributed by atoms with E-state index in [0.29, 0.717) is 0 Å². The highest BCUT2D eigenvalue weighted by molar-refractivity contribution is 7.27. The Labute approximate surface area is 513 Å². The van der Waals surface area contributed by atoms with Gasteiger partial charge < -0.3 is 14.6 Å². The van der Waals surface area contributed by atoms with Crippen molar-refractivity contribution in [1.82, 2.24) is 0 Å². The predicted octanol–water partition coefficient (Wildman–Crippen LogP) is 22.2. The lowest BCUT2D eigenvalue weighted by atomic mass is 9.43. The minimum Gasteiger partial charge on any atom is -0.376 e. The number of aryl methyl sites for hydroxylation is 1. The molecule has 2 aliphatic heterocycles. The standard InChI is InChI=1S/C79H80BN3S2/c1-47-40-61-63(79(14,15)39-38-77(61,10)11)45-65(47)82-67-42-52(81(50-28-24-48(25-29-50)74(2,3)4)51-30-26-49(27-31-51)75(5,6)7)33-35-64(67)80-71-58(44-59-55-21-17-19-23-69(55)85-73(59)72(71)82)56-43-57-54-20-16-18-22-68(54)84-70(57)46-66(56)83(80)53-32-34-60-62(41-53)78(12,13)37-36-76(60,8)9/h16-35,40-46H,36-39H2,1-15H3. The summed E-state index contributed by atoms with van der Waals surface area (Å²) < 4.78 is 5.30. The molecule has 0 spiro atoms. The fraction of sp³-hybridized carbons (Fsp3) is 0.316. The van der Waals surface area contributed by atoms with Crippen LogP contribution in [-0.2, 0) is 32.5 Å². The van der Waals surface area contributed by atoms with Crippen LogP contribution in [0.1, 0.15) is 162 Å². The van der Waals surface area contributed by atoms with E-state index in [1.807, 2.05) is 22.7 Å². The molecule has 85 heavy (non-hydrogen) atoms. The van der Waals surface area contributed by atoms with Gasteiger partial charge in [0.1, 0.15) is 0 Å². The molecule has 0 saturated heterocycles. The Morgan fingerprint density at radius 2 is 0.953 bits per heavy atom. The molecule has 15 rings (SSSR count). The molecule has 0 radical (unpaired) electrons. The normalized spacial score (nSPS) is 17.2. The molecule has 6 heteroatoms. The zero-order valence-electron chi connectivity index (χ0n) is 52.7. The zero-order valence-corrected chi connectivity index (χ0v) is 54.3. The van der Waals surface area contributed by atoms with Crippen molar-refractivity contribution in [2.75, 3.05) is 14.6 Å². The average molecular weight is 1150 g/mol. The molecule has 11 aromatic rings. The topological polar surface area (TPSA) is 9.72 Å². The van der Waals surface area contributed by atoms with E-state index in [2.05, 4.69) is 282 Å². The van der Waals surface area contributed by atoms with E-state index in [1.165, 1.54) is 143 Å². The summed E-state index contributed by atoms with van der Waals surface area (Å²) >= 11 is 3.90. The number of fused-ring (bicyclic) bond motifs is 13. The number of nitrogens with zero attached hydrogens (tertiary/aromatic N) is 3. The van der Waals surface area contributed by atoms with Gasteiger partial charge in [0.2, 0.25) is 0 Å². The molecular weight excluding hydrogens is 1070 g/mol. The third kappa shape index (κ3) is 8.38. The van der Waals surface area contributed by atoms with Gasteiger partial charge in [-0.1, -0.05) is 176 Å². The van der Waals surface area contributed by atoms with Crippen molar-refractivity contribution in [2.24, 2.45) is 0 Å². The number of anilines is 8. The van der Waals surface area contributed by atoms with Crippen LogP contribution in [0.2, 0.25) is 0 Å². The Morgan fingerprint density at radius 3 is 1.55 bits per heavy atom. The fourth-order valence-electron chi connectivity index (χ4n) is 15.4. The van der Waals surface area contributed by atoms with Crippen molar-refractivity contribution in [3.05, 3.63) is 203 Å². The van der Waals surface area contributed by atoms with Gasteiger partial charge in [-0.05, 0) is 205 Å². The minimum atomic E-state index is -0.170. The summed E-state index contributed by atoms with van der Waals surface area (Å²) in [4.78, 5) is 8.10. The molecule has 3 nitrogen and oxygen atoms in total. The van der Waals surface area contributed by atoms with Crippen LogP contribution in [0.15, 0.2) is 164 Å². The maximum absolute atomic E-state index is 2.80. The van der Waals surface area contributed by atoms with Gasteiger partial charge >= 0.3 is 6.85 Å². The molecule has 0 saturated carbocycles. The largest absolute Gasteiger partial charge is 0.376 e. The molecule has 0 N–H and O–H groups in total. The summed E-state index contributed by atoms with van der Waals surface area (Å²) in [7, 11) is 0. The number of benzene rings is 9. The summed E-state index contributed by atoms with van der Waals surface area (Å²) in [5.41, 5.74) is 25.1. The Kier molecular flexibility index (Phi) is 11.8. The minimum absolute atomic E-state index is 0.00615. The number of hydrogen-bond donors (Lipinski definition) is 0. The first-order valence-electron chi connectivity index (χ1n) is 31.3. The second kappa shape index (κ2) is 18.5. The third-order valence-corrected chi connectivity index (χ3v) is 23.1. The van der Waals surface area contributed by atoms with Gasteiger partial charge in [-0.2, -0.15) is 0 Å². The molecule has 0 amide bonds. The van der Waals surface area contributed by atoms with Crippen molar-refractivity contribution in [2.45, 2.75) is 162 Å². The second-order valence-corrected chi connectivity index (χ2v) is 32.5. The van der Waals surface area contributed by atoms with E-state index in [1.54, 1.807) is 0 Å². The third-order valence-electron chi connectivity index (χ3n) is 20.8. The van der Waals surface area contributed by atoms with Crippen LogP contribution < -0.4 is 25.5 Å². The Morgan fingerprint density at radius 1 is 0.435 bits per heavy atom. The van der Waals surface area contributed by atoms with Crippen molar-refractivity contribution in [3.63, 3.8) is 0 Å². The van der Waals surface area contributed by atoms with E-state index < -0.39 is 0 Å². The zero-order chi connectivity index (χ0) is 59.2. The van der Waals surface area contributed by atoms with Gasteiger partial charge in [-0.25, -0.2) is 0 Å². The van der Waals surface area contributed by atoms with E-state index in [-0.39, 0.29) is 39.3 Å². The Bertz CT molecular complexity index is 4530. The summed E-state index contributed by atoms with van der Waals surface area (Å²) in [6, 6.07) is 65.2. The lowest BCUT2D eigenvalue weighted by Gasteiger charge is -2.48. The smallest absolute Gasteiger partial charge is 0.333 e. The van der Waals surface area contributed by atoms with E-state index >= 15 is 0 Å². The molecule has 0 bridgehead atoms. The highest BCUT2D eigenvalue weighted by Gasteiger charge is 2.49. The molecule has 0 atom stereocenters. The van der Waals surface area contributed by atoms with Crippen LogP contribution in [0.5, 0.6) is 0 Å². The predicted molar refractivity (Wildman–Crippen MR) is 373 cm³/mol. The van der Waals surface area contributed by atoms with Gasteiger partial charge in [0.15, 0.2) is 0 Å². The average Bonchev–Trinajstić information content (AvgIpc) is 1.65. The number of hydrogen-bond acceptors (Lipinski definition) is 5. The molecule has 426 valence electrons. The second-order valence-electron chi connectivity index (χ2n) is 30.4. The van der Waals surface area contributed by atoms with Crippen molar-refractivity contribution in [3.8, 4) is 11.1 Å². The van der Waals surface area contributed by atoms with Crippen LogP contribution in [0.25, 0.3) is 51.5 Å². The van der Waals surface area contributed by atoms with Gasteiger partial charge in [0.25, 0.3) is 0 Å². The van der Waals surface area contributed by atoms with Crippen LogP contribution in [0, 0.1) is 6.92 Å². The summed E-state index contributed by atoms with van der Waals surface area (Å²) in [6.07, 6.45) is 4.64. The number of rotatable bonds is 5. The Hall–Kier alpha value is -7.12. The van der Waals surface area contributed by atoms with Gasteiger partial charge in [0, 0.05) is 81.0 Å². The van der Waals surface area contributed by atoms with Crippen LogP contribution in [0.4, 0.5) is 45.5 Å². The van der Waals surface area contributed by atoms with Crippen molar-refractivity contribution in [1.29, 1.82) is 0 Å². The molecule has 0 fully saturated rings.